The van der Waals surface area contributed by atoms with E-state index in [1.54, 1.807) is 24.3 Å². The van der Waals surface area contributed by atoms with Crippen LogP contribution in [0.3, 0.4) is 0 Å². The van der Waals surface area contributed by atoms with Crippen LogP contribution in [0.1, 0.15) is 12.5 Å². The zero-order chi connectivity index (χ0) is 21.3. The van der Waals surface area contributed by atoms with E-state index in [2.05, 4.69) is 0 Å². The normalized spacial score (nSPS) is 13.9. The van der Waals surface area contributed by atoms with E-state index in [1.807, 2.05) is 42.2 Å². The third-order valence-corrected chi connectivity index (χ3v) is 5.18. The second kappa shape index (κ2) is 8.13. The molecular weight excluding hydrogens is 403 g/mol. The summed E-state index contributed by atoms with van der Waals surface area (Å²) in [6, 6.07) is 21.5. The zero-order valence-corrected chi connectivity index (χ0v) is 16.9. The van der Waals surface area contributed by atoms with Gasteiger partial charge in [-0.25, -0.2) is 9.29 Å². The average molecular weight is 421 g/mol. The van der Waals surface area contributed by atoms with E-state index in [4.69, 9.17) is 11.6 Å². The highest BCUT2D eigenvalue weighted by Gasteiger charge is 2.42. The highest BCUT2D eigenvalue weighted by atomic mass is 35.5. The van der Waals surface area contributed by atoms with Crippen LogP contribution in [0, 0.1) is 5.82 Å². The first-order valence-corrected chi connectivity index (χ1v) is 9.86. The Hall–Kier alpha value is -3.44. The van der Waals surface area contributed by atoms with Gasteiger partial charge in [0.05, 0.1) is 11.3 Å². The van der Waals surface area contributed by atoms with E-state index in [1.165, 1.54) is 24.3 Å². The van der Waals surface area contributed by atoms with Crippen molar-refractivity contribution in [2.24, 2.45) is 0 Å². The molecule has 4 rings (SSSR count). The molecule has 150 valence electrons. The Balaban J connectivity index is 1.90. The Morgan fingerprint density at radius 3 is 2.10 bits per heavy atom. The van der Waals surface area contributed by atoms with Gasteiger partial charge in [-0.1, -0.05) is 41.9 Å². The maximum atomic E-state index is 13.5. The molecular formula is C24H18ClFN2O2. The summed E-state index contributed by atoms with van der Waals surface area (Å²) < 4.78 is 13.4. The number of halogens is 2. The van der Waals surface area contributed by atoms with E-state index < -0.39 is 17.6 Å². The lowest BCUT2D eigenvalue weighted by molar-refractivity contribution is -0.120. The molecule has 2 amide bonds. The van der Waals surface area contributed by atoms with Crippen LogP contribution in [0.5, 0.6) is 0 Å². The molecule has 0 atom stereocenters. The van der Waals surface area contributed by atoms with Gasteiger partial charge in [-0.3, -0.25) is 9.59 Å². The first-order valence-electron chi connectivity index (χ1n) is 9.48. The van der Waals surface area contributed by atoms with Gasteiger partial charge >= 0.3 is 0 Å². The Labute approximate surface area is 178 Å². The van der Waals surface area contributed by atoms with Gasteiger partial charge in [-0.05, 0) is 61.0 Å². The third kappa shape index (κ3) is 3.48. The molecule has 6 heteroatoms. The predicted octanol–water partition coefficient (Wildman–Crippen LogP) is 5.29. The van der Waals surface area contributed by atoms with Gasteiger partial charge in [0, 0.05) is 17.3 Å². The molecule has 0 aliphatic carbocycles. The van der Waals surface area contributed by atoms with Crippen molar-refractivity contribution in [1.82, 2.24) is 0 Å². The lowest BCUT2D eigenvalue weighted by atomic mass is 10.0. The van der Waals surface area contributed by atoms with Crippen LogP contribution in [0.15, 0.2) is 84.6 Å². The molecule has 0 radical (unpaired) electrons. The number of likely N-dealkylation sites (N-methyl/N-ethyl adjacent to an activating group) is 1. The molecule has 0 bridgehead atoms. The lowest BCUT2D eigenvalue weighted by Crippen LogP contribution is -2.35. The first-order chi connectivity index (χ1) is 14.5. The fourth-order valence-corrected chi connectivity index (χ4v) is 3.67. The summed E-state index contributed by atoms with van der Waals surface area (Å²) in [6.07, 6.45) is 0. The SMILES string of the molecule is CCN(C1=C(c2ccc(Cl)cc2)C(=O)N(c2ccc(F)cc2)C1=O)c1ccccc1. The highest BCUT2D eigenvalue weighted by molar-refractivity contribution is 6.46. The largest absolute Gasteiger partial charge is 0.337 e. The van der Waals surface area contributed by atoms with Gasteiger partial charge in [0.2, 0.25) is 0 Å². The number of hydrogen-bond donors (Lipinski definition) is 0. The fraction of sp³-hybridized carbons (Fsp3) is 0.0833. The van der Waals surface area contributed by atoms with Crippen molar-refractivity contribution in [3.8, 4) is 0 Å². The molecule has 1 aliphatic heterocycles. The number of anilines is 2. The minimum Gasteiger partial charge on any atom is -0.337 e. The van der Waals surface area contributed by atoms with Crippen LogP contribution < -0.4 is 9.80 Å². The van der Waals surface area contributed by atoms with Gasteiger partial charge < -0.3 is 4.90 Å². The molecule has 0 unspecified atom stereocenters. The highest BCUT2D eigenvalue weighted by Crippen LogP contribution is 2.37. The van der Waals surface area contributed by atoms with Crippen LogP contribution in [0.2, 0.25) is 5.02 Å². The van der Waals surface area contributed by atoms with Crippen LogP contribution in [0.25, 0.3) is 5.57 Å². The number of nitrogens with zero attached hydrogens (tertiary/aromatic N) is 2. The Morgan fingerprint density at radius 2 is 1.50 bits per heavy atom. The topological polar surface area (TPSA) is 40.6 Å². The van der Waals surface area contributed by atoms with Crippen LogP contribution >= 0.6 is 11.6 Å². The van der Waals surface area contributed by atoms with E-state index >= 15 is 0 Å². The van der Waals surface area contributed by atoms with Gasteiger partial charge in [-0.2, -0.15) is 0 Å². The van der Waals surface area contributed by atoms with Crippen LogP contribution in [-0.2, 0) is 9.59 Å². The molecule has 0 N–H and O–H groups in total. The second-order valence-corrected chi connectivity index (χ2v) is 7.17. The number of carbonyl (C=O) groups is 2. The van der Waals surface area contributed by atoms with Crippen LogP contribution in [-0.4, -0.2) is 18.4 Å². The Morgan fingerprint density at radius 1 is 0.867 bits per heavy atom. The molecule has 3 aromatic rings. The summed E-state index contributed by atoms with van der Waals surface area (Å²) in [5, 5.41) is 0.531. The summed E-state index contributed by atoms with van der Waals surface area (Å²) in [5.74, 6) is -1.36. The first kappa shape index (κ1) is 19.9. The molecule has 0 saturated heterocycles. The number of para-hydroxylation sites is 1. The average Bonchev–Trinajstić information content (AvgIpc) is 3.01. The molecule has 1 heterocycles. The number of carbonyl (C=O) groups excluding carboxylic acids is 2. The van der Waals surface area contributed by atoms with Gasteiger partial charge in [0.15, 0.2) is 0 Å². The standard InChI is InChI=1S/C24H18ClFN2O2/c1-2-27(19-6-4-3-5-7-19)22-21(16-8-10-17(25)11-9-16)23(29)28(24(22)30)20-14-12-18(26)13-15-20/h3-15H,2H2,1H3. The van der Waals surface area contributed by atoms with Crippen molar-refractivity contribution in [2.45, 2.75) is 6.92 Å². The molecule has 3 aromatic carbocycles. The van der Waals surface area contributed by atoms with E-state index in [9.17, 15) is 14.0 Å². The summed E-state index contributed by atoms with van der Waals surface area (Å²) in [4.78, 5) is 29.9. The minimum absolute atomic E-state index is 0.278. The van der Waals surface area contributed by atoms with Crippen LogP contribution in [0.4, 0.5) is 15.8 Å². The monoisotopic (exact) mass is 420 g/mol. The van der Waals surface area contributed by atoms with Gasteiger partial charge in [0.25, 0.3) is 11.8 Å². The van der Waals surface area contributed by atoms with Crippen molar-refractivity contribution in [2.75, 3.05) is 16.3 Å². The predicted molar refractivity (Wildman–Crippen MR) is 117 cm³/mol. The quantitative estimate of drug-likeness (QED) is 0.526. The number of hydrogen-bond acceptors (Lipinski definition) is 3. The van der Waals surface area contributed by atoms with Crippen molar-refractivity contribution in [1.29, 1.82) is 0 Å². The maximum absolute atomic E-state index is 13.5. The van der Waals surface area contributed by atoms with Crippen molar-refractivity contribution < 1.29 is 14.0 Å². The zero-order valence-electron chi connectivity index (χ0n) is 16.2. The van der Waals surface area contributed by atoms with Gasteiger partial charge in [0.1, 0.15) is 11.5 Å². The second-order valence-electron chi connectivity index (χ2n) is 6.73. The minimum atomic E-state index is -0.460. The van der Waals surface area contributed by atoms with Crippen molar-refractivity contribution >= 4 is 40.4 Å². The molecule has 1 aliphatic rings. The summed E-state index contributed by atoms with van der Waals surface area (Å²) in [6.45, 7) is 2.39. The summed E-state index contributed by atoms with van der Waals surface area (Å²) in [5.41, 5.74) is 2.26. The van der Waals surface area contributed by atoms with Crippen molar-refractivity contribution in [3.05, 3.63) is 101 Å². The maximum Gasteiger partial charge on any atom is 0.282 e. The number of imide groups is 1. The number of benzene rings is 3. The molecule has 0 fully saturated rings. The van der Waals surface area contributed by atoms with Gasteiger partial charge in [-0.15, -0.1) is 0 Å². The Bertz CT molecular complexity index is 1130. The third-order valence-electron chi connectivity index (χ3n) is 4.93. The van der Waals surface area contributed by atoms with Crippen molar-refractivity contribution in [3.63, 3.8) is 0 Å². The van der Waals surface area contributed by atoms with E-state index in [0.29, 0.717) is 22.8 Å². The lowest BCUT2D eigenvalue weighted by Gasteiger charge is -2.25. The molecule has 0 spiro atoms. The summed E-state index contributed by atoms with van der Waals surface area (Å²) >= 11 is 6.02. The molecule has 0 saturated carbocycles. The fourth-order valence-electron chi connectivity index (χ4n) is 3.55. The van der Waals surface area contributed by atoms with E-state index in [0.717, 1.165) is 10.6 Å². The summed E-state index contributed by atoms with van der Waals surface area (Å²) in [7, 11) is 0. The van der Waals surface area contributed by atoms with E-state index in [-0.39, 0.29) is 11.3 Å². The Kier molecular flexibility index (Phi) is 5.38. The number of rotatable bonds is 5. The molecule has 30 heavy (non-hydrogen) atoms. The number of amides is 2. The molecule has 4 nitrogen and oxygen atoms in total. The molecule has 0 aromatic heterocycles. The smallest absolute Gasteiger partial charge is 0.282 e.